The van der Waals surface area contributed by atoms with Gasteiger partial charge >= 0.3 is 5.97 Å². The van der Waals surface area contributed by atoms with Crippen LogP contribution in [0.4, 0.5) is 11.4 Å². The number of carbonyl (C=O) groups is 2. The first kappa shape index (κ1) is 18.9. The molecule has 1 aliphatic heterocycles. The SMILES string of the molecule is O=C(O)[C@@H]1CN(C(=O)c2ccc(NC3CC3)c([N+](=O)[O-])c2)C[C@@H]1c1ccccc1. The lowest BCUT2D eigenvalue weighted by Gasteiger charge is -2.17. The van der Waals surface area contributed by atoms with Crippen LogP contribution in [0.5, 0.6) is 0 Å². The van der Waals surface area contributed by atoms with Crippen molar-refractivity contribution in [3.8, 4) is 0 Å². The van der Waals surface area contributed by atoms with Crippen LogP contribution in [0.2, 0.25) is 0 Å². The molecule has 1 saturated heterocycles. The zero-order valence-electron chi connectivity index (χ0n) is 15.7. The lowest BCUT2D eigenvalue weighted by atomic mass is 9.89. The van der Waals surface area contributed by atoms with Crippen molar-refractivity contribution in [3.05, 3.63) is 69.8 Å². The van der Waals surface area contributed by atoms with E-state index in [0.717, 1.165) is 18.4 Å². The molecule has 8 heteroatoms. The second-order valence-corrected chi connectivity index (χ2v) is 7.58. The summed E-state index contributed by atoms with van der Waals surface area (Å²) in [6.45, 7) is 0.333. The van der Waals surface area contributed by atoms with E-state index in [4.69, 9.17) is 0 Å². The van der Waals surface area contributed by atoms with E-state index in [-0.39, 0.29) is 36.3 Å². The number of nitrogens with zero attached hydrogens (tertiary/aromatic N) is 2. The number of carboxylic acids is 1. The first-order chi connectivity index (χ1) is 13.9. The molecule has 2 aromatic carbocycles. The van der Waals surface area contributed by atoms with Crippen LogP contribution < -0.4 is 5.32 Å². The van der Waals surface area contributed by atoms with Gasteiger partial charge in [-0.15, -0.1) is 0 Å². The number of carboxylic acid groups (broad SMARTS) is 1. The number of likely N-dealkylation sites (tertiary alicyclic amines) is 1. The second-order valence-electron chi connectivity index (χ2n) is 7.58. The lowest BCUT2D eigenvalue weighted by Crippen LogP contribution is -2.30. The van der Waals surface area contributed by atoms with Crippen LogP contribution in [-0.2, 0) is 4.79 Å². The highest BCUT2D eigenvalue weighted by Gasteiger charge is 2.41. The molecule has 0 aromatic heterocycles. The summed E-state index contributed by atoms with van der Waals surface area (Å²) in [4.78, 5) is 37.2. The van der Waals surface area contributed by atoms with Gasteiger partial charge in [-0.05, 0) is 30.5 Å². The quantitative estimate of drug-likeness (QED) is 0.574. The van der Waals surface area contributed by atoms with E-state index < -0.39 is 22.7 Å². The van der Waals surface area contributed by atoms with Gasteiger partial charge in [0.1, 0.15) is 5.69 Å². The fraction of sp³-hybridized carbons (Fsp3) is 0.333. The Morgan fingerprint density at radius 2 is 1.83 bits per heavy atom. The number of carbonyl (C=O) groups excluding carboxylic acids is 1. The number of nitro benzene ring substituents is 1. The standard InChI is InChI=1S/C21H21N3O5/c25-20(14-6-9-18(22-15-7-8-15)19(10-14)24(28)29)23-11-16(17(12-23)21(26)27)13-4-2-1-3-5-13/h1-6,9-10,15-17,22H,7-8,11-12H2,(H,26,27)/t16-,17-/m1/s1. The number of nitrogens with one attached hydrogen (secondary N) is 1. The molecule has 2 atom stereocenters. The van der Waals surface area contributed by atoms with Gasteiger partial charge < -0.3 is 15.3 Å². The summed E-state index contributed by atoms with van der Waals surface area (Å²) in [6, 6.07) is 13.9. The highest BCUT2D eigenvalue weighted by Crippen LogP contribution is 2.35. The molecule has 2 aromatic rings. The van der Waals surface area contributed by atoms with Gasteiger partial charge in [0.15, 0.2) is 0 Å². The lowest BCUT2D eigenvalue weighted by molar-refractivity contribution is -0.384. The van der Waals surface area contributed by atoms with Crippen LogP contribution in [-0.4, -0.2) is 45.9 Å². The van der Waals surface area contributed by atoms with E-state index in [0.29, 0.717) is 5.69 Å². The second kappa shape index (κ2) is 7.54. The van der Waals surface area contributed by atoms with Crippen LogP contribution in [0.25, 0.3) is 0 Å². The van der Waals surface area contributed by atoms with Crippen molar-refractivity contribution < 1.29 is 19.6 Å². The van der Waals surface area contributed by atoms with E-state index in [9.17, 15) is 24.8 Å². The van der Waals surface area contributed by atoms with Crippen molar-refractivity contribution in [2.45, 2.75) is 24.8 Å². The maximum Gasteiger partial charge on any atom is 0.308 e. The zero-order valence-corrected chi connectivity index (χ0v) is 15.7. The van der Waals surface area contributed by atoms with E-state index in [1.165, 1.54) is 11.0 Å². The Morgan fingerprint density at radius 3 is 2.45 bits per heavy atom. The molecular weight excluding hydrogens is 374 g/mol. The Morgan fingerprint density at radius 1 is 1.10 bits per heavy atom. The van der Waals surface area contributed by atoms with E-state index in [2.05, 4.69) is 5.32 Å². The highest BCUT2D eigenvalue weighted by atomic mass is 16.6. The Bertz CT molecular complexity index is 958. The van der Waals surface area contributed by atoms with Crippen molar-refractivity contribution in [3.63, 3.8) is 0 Å². The molecule has 0 bridgehead atoms. The van der Waals surface area contributed by atoms with Crippen molar-refractivity contribution in [2.75, 3.05) is 18.4 Å². The molecule has 29 heavy (non-hydrogen) atoms. The maximum absolute atomic E-state index is 13.0. The molecule has 2 N–H and O–H groups in total. The molecule has 2 aliphatic rings. The topological polar surface area (TPSA) is 113 Å². The van der Waals surface area contributed by atoms with Crippen LogP contribution in [0.1, 0.15) is 34.7 Å². The Hall–Kier alpha value is -3.42. The van der Waals surface area contributed by atoms with E-state index in [1.807, 2.05) is 30.3 Å². The maximum atomic E-state index is 13.0. The molecule has 150 valence electrons. The zero-order chi connectivity index (χ0) is 20.5. The van der Waals surface area contributed by atoms with Crippen LogP contribution in [0.3, 0.4) is 0 Å². The van der Waals surface area contributed by atoms with Gasteiger partial charge in [-0.2, -0.15) is 0 Å². The summed E-state index contributed by atoms with van der Waals surface area (Å²) in [7, 11) is 0. The number of nitro groups is 1. The van der Waals surface area contributed by atoms with Gasteiger partial charge in [0, 0.05) is 36.7 Å². The van der Waals surface area contributed by atoms with Gasteiger partial charge in [0.2, 0.25) is 0 Å². The number of amides is 1. The van der Waals surface area contributed by atoms with Crippen LogP contribution in [0.15, 0.2) is 48.5 Å². The summed E-state index contributed by atoms with van der Waals surface area (Å²) in [5.74, 6) is -2.38. The van der Waals surface area contributed by atoms with Gasteiger partial charge in [0.05, 0.1) is 10.8 Å². The van der Waals surface area contributed by atoms with Crippen molar-refractivity contribution in [1.82, 2.24) is 4.90 Å². The number of hydrogen-bond donors (Lipinski definition) is 2. The van der Waals surface area contributed by atoms with Crippen LogP contribution >= 0.6 is 0 Å². The summed E-state index contributed by atoms with van der Waals surface area (Å²) < 4.78 is 0. The third-order valence-corrected chi connectivity index (χ3v) is 5.53. The highest BCUT2D eigenvalue weighted by molar-refractivity contribution is 5.96. The average molecular weight is 395 g/mol. The van der Waals surface area contributed by atoms with Gasteiger partial charge in [0.25, 0.3) is 11.6 Å². The average Bonchev–Trinajstić information content (AvgIpc) is 3.41. The smallest absolute Gasteiger partial charge is 0.308 e. The summed E-state index contributed by atoms with van der Waals surface area (Å²) in [6.07, 6.45) is 1.95. The number of anilines is 1. The Kier molecular flexibility index (Phi) is 4.92. The van der Waals surface area contributed by atoms with E-state index in [1.54, 1.807) is 12.1 Å². The van der Waals surface area contributed by atoms with Gasteiger partial charge in [-0.25, -0.2) is 0 Å². The third-order valence-electron chi connectivity index (χ3n) is 5.53. The minimum Gasteiger partial charge on any atom is -0.481 e. The third kappa shape index (κ3) is 3.91. The molecule has 0 unspecified atom stereocenters. The fourth-order valence-electron chi connectivity index (χ4n) is 3.83. The number of rotatable bonds is 6. The van der Waals surface area contributed by atoms with Gasteiger partial charge in [-0.1, -0.05) is 30.3 Å². The molecule has 1 heterocycles. The Labute approximate surface area is 167 Å². The first-order valence-electron chi connectivity index (χ1n) is 9.56. The normalized spacial score (nSPS) is 21.0. The molecule has 0 radical (unpaired) electrons. The first-order valence-corrected chi connectivity index (χ1v) is 9.56. The largest absolute Gasteiger partial charge is 0.481 e. The minimum absolute atomic E-state index is 0.0730. The molecule has 1 amide bonds. The minimum atomic E-state index is -0.955. The van der Waals surface area contributed by atoms with Crippen LogP contribution in [0, 0.1) is 16.0 Å². The summed E-state index contributed by atoms with van der Waals surface area (Å²) >= 11 is 0. The molecule has 2 fully saturated rings. The molecule has 0 spiro atoms. The molecule has 1 aliphatic carbocycles. The molecule has 1 saturated carbocycles. The molecule has 4 rings (SSSR count). The number of benzene rings is 2. The summed E-state index contributed by atoms with van der Waals surface area (Å²) in [5, 5.41) is 24.2. The Balaban J connectivity index is 1.58. The molecule has 8 nitrogen and oxygen atoms in total. The predicted molar refractivity (Wildman–Crippen MR) is 106 cm³/mol. The number of hydrogen-bond acceptors (Lipinski definition) is 5. The molecular formula is C21H21N3O5. The summed E-state index contributed by atoms with van der Waals surface area (Å²) in [5.41, 5.74) is 1.32. The monoisotopic (exact) mass is 395 g/mol. The van der Waals surface area contributed by atoms with Gasteiger partial charge in [-0.3, -0.25) is 19.7 Å². The van der Waals surface area contributed by atoms with E-state index >= 15 is 0 Å². The van der Waals surface area contributed by atoms with Crippen molar-refractivity contribution >= 4 is 23.3 Å². The predicted octanol–water partition coefficient (Wildman–Crippen LogP) is 3.11. The number of aliphatic carboxylic acids is 1. The van der Waals surface area contributed by atoms with Crippen molar-refractivity contribution in [2.24, 2.45) is 5.92 Å². The van der Waals surface area contributed by atoms with Crippen molar-refractivity contribution in [1.29, 1.82) is 0 Å². The fourth-order valence-corrected chi connectivity index (χ4v) is 3.83.